The highest BCUT2D eigenvalue weighted by atomic mass is 79.9. The van der Waals surface area contributed by atoms with Gasteiger partial charge in [-0.3, -0.25) is 0 Å². The lowest BCUT2D eigenvalue weighted by atomic mass is 10.1. The molecule has 0 fully saturated rings. The largest absolute Gasteiger partial charge is 0.392 e. The lowest BCUT2D eigenvalue weighted by molar-refractivity contribution is -0.116. The van der Waals surface area contributed by atoms with Crippen molar-refractivity contribution in [2.45, 2.75) is 26.4 Å². The van der Waals surface area contributed by atoms with Gasteiger partial charge in [-0.15, -0.1) is 0 Å². The second-order valence-electron chi connectivity index (χ2n) is 3.29. The van der Waals surface area contributed by atoms with Crippen LogP contribution in [0.1, 0.15) is 24.5 Å². The van der Waals surface area contributed by atoms with Crippen molar-refractivity contribution in [3.63, 3.8) is 0 Å². The third-order valence-corrected chi connectivity index (χ3v) is 2.78. The zero-order valence-corrected chi connectivity index (χ0v) is 9.67. The van der Waals surface area contributed by atoms with Crippen LogP contribution in [-0.2, 0) is 17.8 Å². The first-order valence-electron chi connectivity index (χ1n) is 4.51. The second-order valence-corrected chi connectivity index (χ2v) is 4.14. The number of aliphatic hydroxyl groups excluding tert-OH is 1. The number of rotatable bonds is 4. The van der Waals surface area contributed by atoms with Crippen LogP contribution in [0.3, 0.4) is 0 Å². The maximum Gasteiger partial charge on any atom is 0.130 e. The molecule has 0 bridgehead atoms. The molecule has 0 aliphatic heterocycles. The van der Waals surface area contributed by atoms with E-state index in [1.165, 1.54) is 0 Å². The highest BCUT2D eigenvalue weighted by molar-refractivity contribution is 9.10. The minimum absolute atomic E-state index is 0.0472. The molecule has 0 spiro atoms. The van der Waals surface area contributed by atoms with Crippen molar-refractivity contribution in [1.29, 1.82) is 0 Å². The molecule has 0 amide bonds. The highest BCUT2D eigenvalue weighted by Gasteiger charge is 2.02. The molecular formula is C11H13BrO2. The third kappa shape index (κ3) is 3.24. The van der Waals surface area contributed by atoms with E-state index in [0.717, 1.165) is 22.0 Å². The molecule has 0 unspecified atom stereocenters. The summed E-state index contributed by atoms with van der Waals surface area (Å²) >= 11 is 3.42. The minimum Gasteiger partial charge on any atom is -0.392 e. The lowest BCUT2D eigenvalue weighted by Gasteiger charge is -2.04. The summed E-state index contributed by atoms with van der Waals surface area (Å²) in [5.41, 5.74) is 1.99. The first kappa shape index (κ1) is 11.4. The molecule has 0 aromatic heterocycles. The van der Waals surface area contributed by atoms with E-state index < -0.39 is 0 Å². The SMILES string of the molecule is CC(=O)CCc1ccc(CO)cc1Br. The molecule has 0 saturated carbocycles. The fourth-order valence-corrected chi connectivity index (χ4v) is 1.83. The van der Waals surface area contributed by atoms with Crippen LogP contribution in [0.25, 0.3) is 0 Å². The quantitative estimate of drug-likeness (QED) is 0.899. The van der Waals surface area contributed by atoms with Crippen molar-refractivity contribution in [2.24, 2.45) is 0 Å². The number of halogens is 1. The Morgan fingerprint density at radius 1 is 1.50 bits per heavy atom. The van der Waals surface area contributed by atoms with E-state index in [4.69, 9.17) is 5.11 Å². The molecule has 1 aromatic carbocycles. The van der Waals surface area contributed by atoms with Gasteiger partial charge in [-0.05, 0) is 30.5 Å². The Labute approximate surface area is 92.1 Å². The van der Waals surface area contributed by atoms with Crippen molar-refractivity contribution in [2.75, 3.05) is 0 Å². The minimum atomic E-state index is 0.0472. The fraction of sp³-hybridized carbons (Fsp3) is 0.364. The smallest absolute Gasteiger partial charge is 0.130 e. The molecule has 3 heteroatoms. The molecule has 1 rings (SSSR count). The van der Waals surface area contributed by atoms with Gasteiger partial charge in [0.25, 0.3) is 0 Å². The monoisotopic (exact) mass is 256 g/mol. The topological polar surface area (TPSA) is 37.3 Å². The van der Waals surface area contributed by atoms with Gasteiger partial charge >= 0.3 is 0 Å². The molecule has 0 aliphatic rings. The number of hydrogen-bond acceptors (Lipinski definition) is 2. The summed E-state index contributed by atoms with van der Waals surface area (Å²) in [7, 11) is 0. The van der Waals surface area contributed by atoms with Crippen LogP contribution in [0.15, 0.2) is 22.7 Å². The van der Waals surface area contributed by atoms with Crippen molar-refractivity contribution in [3.8, 4) is 0 Å². The zero-order valence-electron chi connectivity index (χ0n) is 8.09. The number of benzene rings is 1. The Balaban J connectivity index is 2.73. The van der Waals surface area contributed by atoms with Gasteiger partial charge in [0.15, 0.2) is 0 Å². The van der Waals surface area contributed by atoms with E-state index in [1.54, 1.807) is 6.92 Å². The average molecular weight is 257 g/mol. The molecule has 0 heterocycles. The summed E-state index contributed by atoms with van der Waals surface area (Å²) in [5.74, 6) is 0.197. The average Bonchev–Trinajstić information content (AvgIpc) is 2.15. The third-order valence-electron chi connectivity index (χ3n) is 2.05. The summed E-state index contributed by atoms with van der Waals surface area (Å²) in [6.45, 7) is 1.64. The summed E-state index contributed by atoms with van der Waals surface area (Å²) in [5, 5.41) is 8.90. The maximum absolute atomic E-state index is 10.8. The van der Waals surface area contributed by atoms with E-state index in [-0.39, 0.29) is 12.4 Å². The van der Waals surface area contributed by atoms with Gasteiger partial charge in [0.2, 0.25) is 0 Å². The number of hydrogen-bond donors (Lipinski definition) is 1. The number of ketones is 1. The number of carbonyl (C=O) groups is 1. The number of Topliss-reactive ketones (excluding diaryl/α,β-unsaturated/α-hetero) is 1. The first-order chi connectivity index (χ1) is 6.63. The molecule has 1 aromatic rings. The second kappa shape index (κ2) is 5.27. The van der Waals surface area contributed by atoms with Gasteiger partial charge in [-0.2, -0.15) is 0 Å². The van der Waals surface area contributed by atoms with Gasteiger partial charge < -0.3 is 9.90 Å². The van der Waals surface area contributed by atoms with Gasteiger partial charge in [0.05, 0.1) is 6.61 Å². The number of aliphatic hydroxyl groups is 1. The normalized spacial score (nSPS) is 10.2. The standard InChI is InChI=1S/C11H13BrO2/c1-8(14)2-4-10-5-3-9(7-13)6-11(10)12/h3,5-6,13H,2,4,7H2,1H3. The van der Waals surface area contributed by atoms with Gasteiger partial charge in [-0.25, -0.2) is 0 Å². The van der Waals surface area contributed by atoms with Crippen molar-refractivity contribution in [3.05, 3.63) is 33.8 Å². The fourth-order valence-electron chi connectivity index (χ4n) is 1.20. The van der Waals surface area contributed by atoms with Gasteiger partial charge in [0.1, 0.15) is 5.78 Å². The summed E-state index contributed by atoms with van der Waals surface area (Å²) in [6.07, 6.45) is 1.32. The molecule has 0 radical (unpaired) electrons. The predicted molar refractivity (Wildman–Crippen MR) is 59.1 cm³/mol. The number of aryl methyl sites for hydroxylation is 1. The predicted octanol–water partition coefficient (Wildman–Crippen LogP) is 2.46. The molecule has 0 atom stereocenters. The van der Waals surface area contributed by atoms with Crippen molar-refractivity contribution < 1.29 is 9.90 Å². The zero-order chi connectivity index (χ0) is 10.6. The first-order valence-corrected chi connectivity index (χ1v) is 5.30. The molecule has 14 heavy (non-hydrogen) atoms. The molecule has 0 aliphatic carbocycles. The van der Waals surface area contributed by atoms with E-state index in [1.807, 2.05) is 18.2 Å². The van der Waals surface area contributed by atoms with E-state index in [2.05, 4.69) is 15.9 Å². The Morgan fingerprint density at radius 3 is 2.71 bits per heavy atom. The molecular weight excluding hydrogens is 244 g/mol. The van der Waals surface area contributed by atoms with Crippen LogP contribution < -0.4 is 0 Å². The number of carbonyl (C=O) groups excluding carboxylic acids is 1. The van der Waals surface area contributed by atoms with Crippen LogP contribution in [0.5, 0.6) is 0 Å². The van der Waals surface area contributed by atoms with E-state index in [0.29, 0.717) is 6.42 Å². The molecule has 1 N–H and O–H groups in total. The van der Waals surface area contributed by atoms with Crippen molar-refractivity contribution in [1.82, 2.24) is 0 Å². The van der Waals surface area contributed by atoms with Gasteiger partial charge in [0, 0.05) is 10.9 Å². The van der Waals surface area contributed by atoms with Crippen LogP contribution in [0, 0.1) is 0 Å². The van der Waals surface area contributed by atoms with Crippen LogP contribution in [-0.4, -0.2) is 10.9 Å². The Bertz CT molecular complexity index is 334. The highest BCUT2D eigenvalue weighted by Crippen LogP contribution is 2.20. The van der Waals surface area contributed by atoms with Gasteiger partial charge in [-0.1, -0.05) is 28.1 Å². The maximum atomic E-state index is 10.8. The molecule has 0 saturated heterocycles. The summed E-state index contributed by atoms with van der Waals surface area (Å²) < 4.78 is 0.963. The van der Waals surface area contributed by atoms with E-state index in [9.17, 15) is 4.79 Å². The van der Waals surface area contributed by atoms with Crippen LogP contribution >= 0.6 is 15.9 Å². The summed E-state index contributed by atoms with van der Waals surface area (Å²) in [4.78, 5) is 10.8. The Morgan fingerprint density at radius 2 is 2.21 bits per heavy atom. The Hall–Kier alpha value is -0.670. The van der Waals surface area contributed by atoms with Crippen LogP contribution in [0.4, 0.5) is 0 Å². The van der Waals surface area contributed by atoms with E-state index >= 15 is 0 Å². The van der Waals surface area contributed by atoms with Crippen LogP contribution in [0.2, 0.25) is 0 Å². The Kier molecular flexibility index (Phi) is 4.29. The molecule has 76 valence electrons. The van der Waals surface area contributed by atoms with Crippen molar-refractivity contribution >= 4 is 21.7 Å². The lowest BCUT2D eigenvalue weighted by Crippen LogP contribution is -1.95. The molecule has 2 nitrogen and oxygen atoms in total. The summed E-state index contributed by atoms with van der Waals surface area (Å²) in [6, 6.07) is 5.70.